The molecule has 1 fully saturated rings. The van der Waals surface area contributed by atoms with Crippen LogP contribution in [0.3, 0.4) is 0 Å². The highest BCUT2D eigenvalue weighted by Crippen LogP contribution is 2.42. The molecule has 0 saturated carbocycles. The minimum atomic E-state index is -1.37. The van der Waals surface area contributed by atoms with Gasteiger partial charge in [0.1, 0.15) is 0 Å². The number of nitrogens with zero attached hydrogens (tertiary/aromatic N) is 2. The summed E-state index contributed by atoms with van der Waals surface area (Å²) in [5, 5.41) is 4.48. The zero-order chi connectivity index (χ0) is 20.2. The van der Waals surface area contributed by atoms with E-state index >= 15 is 0 Å². The van der Waals surface area contributed by atoms with Gasteiger partial charge in [-0.1, -0.05) is 48.5 Å². The van der Waals surface area contributed by atoms with Crippen molar-refractivity contribution in [2.75, 3.05) is 23.4 Å². The maximum absolute atomic E-state index is 13.6. The summed E-state index contributed by atoms with van der Waals surface area (Å²) in [6, 6.07) is 20.0. The summed E-state index contributed by atoms with van der Waals surface area (Å²) < 4.78 is 0. The van der Waals surface area contributed by atoms with E-state index in [0.29, 0.717) is 5.69 Å². The van der Waals surface area contributed by atoms with Gasteiger partial charge in [0.15, 0.2) is 5.41 Å². The van der Waals surface area contributed by atoms with E-state index in [1.54, 1.807) is 24.3 Å². The average molecular weight is 385 g/mol. The molecule has 0 aromatic heterocycles. The minimum Gasteiger partial charge on any atom is -0.373 e. The molecular formula is C23H19N3O3. The smallest absolute Gasteiger partial charge is 0.335 e. The lowest BCUT2D eigenvalue weighted by Gasteiger charge is -2.45. The molecule has 3 aromatic rings. The largest absolute Gasteiger partial charge is 0.373 e. The highest BCUT2D eigenvalue weighted by molar-refractivity contribution is 6.30. The molecule has 144 valence electrons. The van der Waals surface area contributed by atoms with E-state index < -0.39 is 23.3 Å². The first kappa shape index (κ1) is 17.4. The van der Waals surface area contributed by atoms with Crippen molar-refractivity contribution >= 4 is 40.0 Å². The van der Waals surface area contributed by atoms with Crippen LogP contribution in [0.15, 0.2) is 66.7 Å². The molecule has 4 amide bonds. The SMILES string of the molecule is CN1C[C@]2(Cc3c1ccc1ccccc31)C(=O)NC(=O)N(c1ccccc1)C2=O. The third kappa shape index (κ3) is 2.45. The van der Waals surface area contributed by atoms with Crippen molar-refractivity contribution in [3.63, 3.8) is 0 Å². The van der Waals surface area contributed by atoms with Crippen molar-refractivity contribution in [1.29, 1.82) is 0 Å². The van der Waals surface area contributed by atoms with Crippen LogP contribution in [0.5, 0.6) is 0 Å². The Bertz CT molecular complexity index is 1170. The highest BCUT2D eigenvalue weighted by atomic mass is 16.2. The Balaban J connectivity index is 1.67. The van der Waals surface area contributed by atoms with Crippen LogP contribution in [0.25, 0.3) is 10.8 Å². The summed E-state index contributed by atoms with van der Waals surface area (Å²) in [7, 11) is 1.87. The summed E-state index contributed by atoms with van der Waals surface area (Å²) in [6.07, 6.45) is 0.245. The highest BCUT2D eigenvalue weighted by Gasteiger charge is 2.56. The monoisotopic (exact) mass is 385 g/mol. The number of hydrogen-bond acceptors (Lipinski definition) is 4. The molecule has 29 heavy (non-hydrogen) atoms. The van der Waals surface area contributed by atoms with Crippen LogP contribution in [0, 0.1) is 5.41 Å². The van der Waals surface area contributed by atoms with E-state index in [9.17, 15) is 14.4 Å². The van der Waals surface area contributed by atoms with E-state index in [-0.39, 0.29) is 13.0 Å². The molecule has 0 unspecified atom stereocenters. The van der Waals surface area contributed by atoms with Crippen LogP contribution in [0.2, 0.25) is 0 Å². The molecule has 2 aliphatic rings. The number of hydrogen-bond donors (Lipinski definition) is 1. The van der Waals surface area contributed by atoms with Crippen LogP contribution in [0.4, 0.5) is 16.2 Å². The number of benzene rings is 3. The maximum atomic E-state index is 13.6. The van der Waals surface area contributed by atoms with Gasteiger partial charge in [0, 0.05) is 25.7 Å². The molecule has 0 bridgehead atoms. The lowest BCUT2D eigenvalue weighted by Crippen LogP contribution is -2.68. The number of anilines is 2. The standard InChI is InChI=1S/C23H19N3O3/c1-25-14-23(13-18-17-10-6-5-7-15(17)11-12-19(18)25)20(27)24-22(29)26(21(23)28)16-8-3-2-4-9-16/h2-12H,13-14H2,1H3,(H,24,27,29)/t23-/m1/s1. The van der Waals surface area contributed by atoms with E-state index in [2.05, 4.69) is 5.32 Å². The molecular weight excluding hydrogens is 366 g/mol. The van der Waals surface area contributed by atoms with Crippen molar-refractivity contribution < 1.29 is 14.4 Å². The van der Waals surface area contributed by atoms with Crippen molar-refractivity contribution in [2.45, 2.75) is 6.42 Å². The van der Waals surface area contributed by atoms with Gasteiger partial charge in [0.25, 0.3) is 5.91 Å². The molecule has 2 heterocycles. The Morgan fingerprint density at radius 1 is 0.897 bits per heavy atom. The average Bonchev–Trinajstić information content (AvgIpc) is 2.73. The Morgan fingerprint density at radius 3 is 2.41 bits per heavy atom. The number of rotatable bonds is 1. The van der Waals surface area contributed by atoms with Crippen LogP contribution in [-0.4, -0.2) is 31.4 Å². The van der Waals surface area contributed by atoms with E-state index in [0.717, 1.165) is 26.9 Å². The second-order valence-corrected chi connectivity index (χ2v) is 7.63. The summed E-state index contributed by atoms with van der Waals surface area (Å²) in [4.78, 5) is 42.2. The van der Waals surface area contributed by atoms with Crippen LogP contribution in [-0.2, 0) is 16.0 Å². The maximum Gasteiger partial charge on any atom is 0.335 e. The number of carbonyl (C=O) groups excluding carboxylic acids is 3. The predicted octanol–water partition coefficient (Wildman–Crippen LogP) is 3.10. The number of carbonyl (C=O) groups is 3. The van der Waals surface area contributed by atoms with Gasteiger partial charge in [0.05, 0.1) is 5.69 Å². The number of fused-ring (bicyclic) bond motifs is 3. The Labute approximate surface area is 167 Å². The van der Waals surface area contributed by atoms with Crippen LogP contribution in [0.1, 0.15) is 5.56 Å². The van der Waals surface area contributed by atoms with Gasteiger partial charge in [-0.05, 0) is 34.5 Å². The van der Waals surface area contributed by atoms with Gasteiger partial charge < -0.3 is 4.90 Å². The van der Waals surface area contributed by atoms with E-state index in [4.69, 9.17) is 0 Å². The summed E-state index contributed by atoms with van der Waals surface area (Å²) in [6.45, 7) is 0.208. The normalized spacial score (nSPS) is 21.5. The fourth-order valence-electron chi connectivity index (χ4n) is 4.50. The fourth-order valence-corrected chi connectivity index (χ4v) is 4.50. The van der Waals surface area contributed by atoms with Gasteiger partial charge in [-0.15, -0.1) is 0 Å². The number of nitrogens with one attached hydrogen (secondary N) is 1. The number of para-hydroxylation sites is 1. The molecule has 6 heteroatoms. The second kappa shape index (κ2) is 6.17. The first-order valence-electron chi connectivity index (χ1n) is 9.48. The van der Waals surface area contributed by atoms with E-state index in [1.165, 1.54) is 0 Å². The minimum absolute atomic E-state index is 0.208. The lowest BCUT2D eigenvalue weighted by atomic mass is 9.73. The van der Waals surface area contributed by atoms with Gasteiger partial charge in [-0.2, -0.15) is 0 Å². The zero-order valence-corrected chi connectivity index (χ0v) is 15.9. The Hall–Kier alpha value is -3.67. The first-order chi connectivity index (χ1) is 14.0. The molecule has 1 atom stereocenters. The van der Waals surface area contributed by atoms with Crippen molar-refractivity contribution in [3.05, 3.63) is 72.3 Å². The molecule has 2 aliphatic heterocycles. The summed E-state index contributed by atoms with van der Waals surface area (Å²) >= 11 is 0. The van der Waals surface area contributed by atoms with Gasteiger partial charge in [-0.25, -0.2) is 9.69 Å². The van der Waals surface area contributed by atoms with Crippen LogP contribution < -0.4 is 15.1 Å². The molecule has 1 N–H and O–H groups in total. The quantitative estimate of drug-likeness (QED) is 0.654. The molecule has 1 spiro atoms. The van der Waals surface area contributed by atoms with E-state index in [1.807, 2.05) is 54.4 Å². The summed E-state index contributed by atoms with van der Waals surface area (Å²) in [5.74, 6) is -1.02. The Kier molecular flexibility index (Phi) is 3.71. The zero-order valence-electron chi connectivity index (χ0n) is 15.9. The fraction of sp³-hybridized carbons (Fsp3) is 0.174. The number of amides is 4. The molecule has 0 aliphatic carbocycles. The van der Waals surface area contributed by atoms with Crippen molar-refractivity contribution in [2.24, 2.45) is 5.41 Å². The molecule has 6 nitrogen and oxygen atoms in total. The number of urea groups is 1. The van der Waals surface area contributed by atoms with Crippen molar-refractivity contribution in [1.82, 2.24) is 5.32 Å². The molecule has 0 radical (unpaired) electrons. The molecule has 1 saturated heterocycles. The van der Waals surface area contributed by atoms with Crippen molar-refractivity contribution in [3.8, 4) is 0 Å². The van der Waals surface area contributed by atoms with Crippen LogP contribution >= 0.6 is 0 Å². The third-order valence-corrected chi connectivity index (χ3v) is 5.90. The summed E-state index contributed by atoms with van der Waals surface area (Å²) in [5.41, 5.74) is 1.03. The predicted molar refractivity (Wildman–Crippen MR) is 111 cm³/mol. The second-order valence-electron chi connectivity index (χ2n) is 7.63. The van der Waals surface area contributed by atoms with Gasteiger partial charge in [0.2, 0.25) is 5.91 Å². The number of imide groups is 2. The van der Waals surface area contributed by atoms with Gasteiger partial charge in [-0.3, -0.25) is 14.9 Å². The molecule has 3 aromatic carbocycles. The third-order valence-electron chi connectivity index (χ3n) is 5.90. The van der Waals surface area contributed by atoms with Gasteiger partial charge >= 0.3 is 6.03 Å². The lowest BCUT2D eigenvalue weighted by molar-refractivity contribution is -0.142. The topological polar surface area (TPSA) is 69.7 Å². The first-order valence-corrected chi connectivity index (χ1v) is 9.48. The molecule has 5 rings (SSSR count). The Morgan fingerprint density at radius 2 is 1.62 bits per heavy atom. The number of barbiturate groups is 1.